The van der Waals surface area contributed by atoms with Gasteiger partial charge in [0, 0.05) is 17.1 Å². The molecule has 1 aromatic carbocycles. The second-order valence-electron chi connectivity index (χ2n) is 6.10. The lowest BCUT2D eigenvalue weighted by atomic mass is 9.65. The number of nitriles is 1. The van der Waals surface area contributed by atoms with Gasteiger partial charge in [0.25, 0.3) is 0 Å². The Kier molecular flexibility index (Phi) is 2.85. The zero-order chi connectivity index (χ0) is 16.0. The van der Waals surface area contributed by atoms with Crippen LogP contribution in [-0.4, -0.2) is 19.7 Å². The molecule has 6 nitrogen and oxygen atoms in total. The normalized spacial score (nSPS) is 16.0. The minimum atomic E-state index is -0.343. The fourth-order valence-electron chi connectivity index (χ4n) is 3.18. The van der Waals surface area contributed by atoms with Gasteiger partial charge in [0.2, 0.25) is 5.95 Å². The minimum absolute atomic E-state index is 0.229. The Hall–Kier alpha value is -2.94. The van der Waals surface area contributed by atoms with Crippen LogP contribution in [0.2, 0.25) is 0 Å². The average molecular weight is 304 g/mol. The van der Waals surface area contributed by atoms with E-state index in [9.17, 15) is 5.26 Å². The summed E-state index contributed by atoms with van der Waals surface area (Å²) in [5.74, 6) is 0.869. The van der Waals surface area contributed by atoms with Crippen LogP contribution in [0.3, 0.4) is 0 Å². The fraction of sp³-hybridized carbons (Fsp3) is 0.294. The molecule has 1 fully saturated rings. The second-order valence-corrected chi connectivity index (χ2v) is 6.10. The van der Waals surface area contributed by atoms with Crippen molar-refractivity contribution in [2.75, 3.05) is 5.73 Å². The summed E-state index contributed by atoms with van der Waals surface area (Å²) in [6.07, 6.45) is 4.74. The van der Waals surface area contributed by atoms with Gasteiger partial charge in [0.15, 0.2) is 5.82 Å². The number of rotatable bonds is 2. The molecular weight excluding hydrogens is 288 g/mol. The van der Waals surface area contributed by atoms with E-state index in [2.05, 4.69) is 27.2 Å². The predicted molar refractivity (Wildman–Crippen MR) is 87.0 cm³/mol. The molecule has 23 heavy (non-hydrogen) atoms. The zero-order valence-electron chi connectivity index (χ0n) is 12.8. The molecule has 1 aliphatic carbocycles. The van der Waals surface area contributed by atoms with Gasteiger partial charge in [0.05, 0.1) is 23.2 Å². The van der Waals surface area contributed by atoms with Crippen molar-refractivity contribution in [1.82, 2.24) is 19.7 Å². The topological polar surface area (TPSA) is 93.4 Å². The number of anilines is 1. The molecule has 1 aliphatic rings. The molecule has 4 rings (SSSR count). The Labute approximate surface area is 133 Å². The van der Waals surface area contributed by atoms with E-state index >= 15 is 0 Å². The summed E-state index contributed by atoms with van der Waals surface area (Å²) in [5, 5.41) is 15.0. The Morgan fingerprint density at radius 3 is 2.74 bits per heavy atom. The lowest BCUT2D eigenvalue weighted by Gasteiger charge is -2.35. The first kappa shape index (κ1) is 13.7. The smallest absolute Gasteiger partial charge is 0.222 e. The third-order valence-corrected chi connectivity index (χ3v) is 4.62. The maximum absolute atomic E-state index is 9.56. The number of aryl methyl sites for hydroxylation is 1. The summed E-state index contributed by atoms with van der Waals surface area (Å²) >= 11 is 0. The number of nitrogens with two attached hydrogens (primary N) is 1. The van der Waals surface area contributed by atoms with E-state index in [1.165, 1.54) is 0 Å². The Morgan fingerprint density at radius 1 is 1.26 bits per heavy atom. The third kappa shape index (κ3) is 2.05. The molecule has 2 N–H and O–H groups in total. The third-order valence-electron chi connectivity index (χ3n) is 4.62. The molecule has 0 spiro atoms. The molecule has 114 valence electrons. The number of benzene rings is 1. The van der Waals surface area contributed by atoms with Crippen LogP contribution in [0.1, 0.15) is 30.5 Å². The maximum Gasteiger partial charge on any atom is 0.222 e. The quantitative estimate of drug-likeness (QED) is 0.785. The van der Waals surface area contributed by atoms with Crippen molar-refractivity contribution in [2.24, 2.45) is 0 Å². The van der Waals surface area contributed by atoms with Crippen molar-refractivity contribution in [3.63, 3.8) is 0 Å². The molecule has 0 unspecified atom stereocenters. The van der Waals surface area contributed by atoms with E-state index in [0.717, 1.165) is 41.4 Å². The molecule has 0 aliphatic heterocycles. The summed E-state index contributed by atoms with van der Waals surface area (Å²) in [6, 6.07) is 10.4. The summed E-state index contributed by atoms with van der Waals surface area (Å²) < 4.78 is 1.76. The first-order chi connectivity index (χ1) is 11.1. The van der Waals surface area contributed by atoms with Crippen LogP contribution in [0.4, 0.5) is 5.95 Å². The number of aromatic nitrogens is 4. The Balaban J connectivity index is 1.90. The van der Waals surface area contributed by atoms with Crippen molar-refractivity contribution in [3.8, 4) is 11.9 Å². The summed E-state index contributed by atoms with van der Waals surface area (Å²) in [4.78, 5) is 8.37. The van der Waals surface area contributed by atoms with Gasteiger partial charge < -0.3 is 5.73 Å². The van der Waals surface area contributed by atoms with Gasteiger partial charge in [0.1, 0.15) is 0 Å². The molecule has 6 heteroatoms. The van der Waals surface area contributed by atoms with Crippen molar-refractivity contribution >= 4 is 16.9 Å². The van der Waals surface area contributed by atoms with E-state index in [1.807, 2.05) is 25.1 Å². The molecule has 0 amide bonds. The van der Waals surface area contributed by atoms with Gasteiger partial charge in [-0.15, -0.1) is 0 Å². The van der Waals surface area contributed by atoms with Gasteiger partial charge in [-0.05, 0) is 37.8 Å². The highest BCUT2D eigenvalue weighted by Crippen LogP contribution is 2.43. The lowest BCUT2D eigenvalue weighted by molar-refractivity contribution is 0.324. The first-order valence-corrected chi connectivity index (χ1v) is 7.62. The Morgan fingerprint density at radius 2 is 2.09 bits per heavy atom. The second kappa shape index (κ2) is 4.78. The molecule has 0 radical (unpaired) electrons. The summed E-state index contributed by atoms with van der Waals surface area (Å²) in [7, 11) is 0. The SMILES string of the molecule is Cc1cc(-n2ncc3ccc(C4(C#N)CCC4)cc32)nc(N)n1. The number of hydrogen-bond donors (Lipinski definition) is 1. The largest absolute Gasteiger partial charge is 0.368 e. The highest BCUT2D eigenvalue weighted by molar-refractivity contribution is 5.81. The molecule has 0 bridgehead atoms. The van der Waals surface area contributed by atoms with Crippen LogP contribution in [0.5, 0.6) is 0 Å². The monoisotopic (exact) mass is 304 g/mol. The molecular formula is C17H16N6. The van der Waals surface area contributed by atoms with E-state index in [-0.39, 0.29) is 11.4 Å². The van der Waals surface area contributed by atoms with Gasteiger partial charge >= 0.3 is 0 Å². The number of nitrogens with zero attached hydrogens (tertiary/aromatic N) is 5. The van der Waals surface area contributed by atoms with E-state index in [0.29, 0.717) is 5.82 Å². The lowest BCUT2D eigenvalue weighted by Crippen LogP contribution is -2.32. The number of hydrogen-bond acceptors (Lipinski definition) is 5. The predicted octanol–water partition coefficient (Wildman–Crippen LogP) is 2.65. The molecule has 0 atom stereocenters. The van der Waals surface area contributed by atoms with E-state index in [1.54, 1.807) is 10.9 Å². The minimum Gasteiger partial charge on any atom is -0.368 e. The molecule has 1 saturated carbocycles. The van der Waals surface area contributed by atoms with E-state index < -0.39 is 0 Å². The van der Waals surface area contributed by atoms with Gasteiger partial charge in [-0.2, -0.15) is 15.3 Å². The van der Waals surface area contributed by atoms with E-state index in [4.69, 9.17) is 5.73 Å². The summed E-state index contributed by atoms with van der Waals surface area (Å²) in [5.41, 5.74) is 8.19. The van der Waals surface area contributed by atoms with Crippen LogP contribution < -0.4 is 5.73 Å². The Bertz CT molecular complexity index is 925. The molecule has 3 aromatic rings. The van der Waals surface area contributed by atoms with Crippen LogP contribution >= 0.6 is 0 Å². The molecule has 2 aromatic heterocycles. The number of fused-ring (bicyclic) bond motifs is 1. The summed E-state index contributed by atoms with van der Waals surface area (Å²) in [6.45, 7) is 1.87. The van der Waals surface area contributed by atoms with Crippen LogP contribution in [0, 0.1) is 18.3 Å². The highest BCUT2D eigenvalue weighted by atomic mass is 15.3. The molecule has 2 heterocycles. The standard InChI is InChI=1S/C17H16N6/c1-11-7-15(22-16(19)21-11)23-14-8-13(4-3-12(14)9-20-23)17(10-18)5-2-6-17/h3-4,7-9H,2,5-6H2,1H3,(H2,19,21,22). The average Bonchev–Trinajstić information content (AvgIpc) is 2.89. The number of nitrogen functional groups attached to an aromatic ring is 1. The van der Waals surface area contributed by atoms with Crippen molar-refractivity contribution < 1.29 is 0 Å². The molecule has 0 saturated heterocycles. The van der Waals surface area contributed by atoms with Crippen molar-refractivity contribution in [1.29, 1.82) is 5.26 Å². The van der Waals surface area contributed by atoms with Gasteiger partial charge in [-0.25, -0.2) is 9.67 Å². The maximum atomic E-state index is 9.56. The van der Waals surface area contributed by atoms with Gasteiger partial charge in [-0.3, -0.25) is 0 Å². The fourth-order valence-corrected chi connectivity index (χ4v) is 3.18. The van der Waals surface area contributed by atoms with Crippen LogP contribution in [-0.2, 0) is 5.41 Å². The first-order valence-electron chi connectivity index (χ1n) is 7.62. The van der Waals surface area contributed by atoms with Crippen molar-refractivity contribution in [3.05, 3.63) is 41.7 Å². The highest BCUT2D eigenvalue weighted by Gasteiger charge is 2.39. The zero-order valence-corrected chi connectivity index (χ0v) is 12.8. The van der Waals surface area contributed by atoms with Crippen molar-refractivity contribution in [2.45, 2.75) is 31.6 Å². The van der Waals surface area contributed by atoms with Crippen LogP contribution in [0.15, 0.2) is 30.5 Å². The van der Waals surface area contributed by atoms with Crippen LogP contribution in [0.25, 0.3) is 16.7 Å². The van der Waals surface area contributed by atoms with Gasteiger partial charge in [-0.1, -0.05) is 12.1 Å².